The Labute approximate surface area is 176 Å². The summed E-state index contributed by atoms with van der Waals surface area (Å²) in [4.78, 5) is 7.39. The van der Waals surface area contributed by atoms with Gasteiger partial charge in [0, 0.05) is 46.4 Å². The topological polar surface area (TPSA) is 58.1 Å². The van der Waals surface area contributed by atoms with Crippen molar-refractivity contribution in [2.45, 2.75) is 45.4 Å². The Morgan fingerprint density at radius 1 is 1.19 bits per heavy atom. The first-order valence-corrected chi connectivity index (χ1v) is 10.1. The van der Waals surface area contributed by atoms with E-state index in [9.17, 15) is 0 Å². The van der Waals surface area contributed by atoms with E-state index in [4.69, 9.17) is 14.5 Å². The number of hydrogen-bond acceptors (Lipinski definition) is 4. The van der Waals surface area contributed by atoms with E-state index in [2.05, 4.69) is 22.5 Å². The standard InChI is InChI=1S/C19H38N4O2.HI/c1-3-20-18(21-10-6-11-23-12-15-25-16-13-23)22-17-19(9-14-24-2)7-4-5-8-19;/h3-17H2,1-2H3,(H2,20,21,22);1H. The van der Waals surface area contributed by atoms with Crippen LogP contribution in [0.1, 0.15) is 45.4 Å². The third kappa shape index (κ3) is 8.71. The van der Waals surface area contributed by atoms with E-state index in [0.717, 1.165) is 77.9 Å². The number of ether oxygens (including phenoxy) is 2. The fourth-order valence-corrected chi connectivity index (χ4v) is 3.85. The maximum absolute atomic E-state index is 5.40. The van der Waals surface area contributed by atoms with Gasteiger partial charge in [0.15, 0.2) is 5.96 Å². The monoisotopic (exact) mass is 482 g/mol. The lowest BCUT2D eigenvalue weighted by Gasteiger charge is -2.27. The predicted octanol–water partition coefficient (Wildman–Crippen LogP) is 2.48. The van der Waals surface area contributed by atoms with Crippen LogP contribution in [0.5, 0.6) is 0 Å². The second-order valence-corrected chi connectivity index (χ2v) is 7.38. The average molecular weight is 482 g/mol. The van der Waals surface area contributed by atoms with Gasteiger partial charge in [-0.3, -0.25) is 9.89 Å². The number of aliphatic imine (C=N–C) groups is 1. The molecule has 0 aromatic heterocycles. The van der Waals surface area contributed by atoms with Crippen molar-refractivity contribution in [3.8, 4) is 0 Å². The van der Waals surface area contributed by atoms with Crippen LogP contribution in [0.15, 0.2) is 4.99 Å². The average Bonchev–Trinajstić information content (AvgIpc) is 3.11. The van der Waals surface area contributed by atoms with E-state index >= 15 is 0 Å². The highest BCUT2D eigenvalue weighted by atomic mass is 127. The lowest BCUT2D eigenvalue weighted by atomic mass is 9.83. The molecule has 0 radical (unpaired) electrons. The normalized spacial score (nSPS) is 20.6. The van der Waals surface area contributed by atoms with E-state index in [1.54, 1.807) is 7.11 Å². The van der Waals surface area contributed by atoms with Gasteiger partial charge in [-0.25, -0.2) is 0 Å². The van der Waals surface area contributed by atoms with Crippen LogP contribution in [-0.2, 0) is 9.47 Å². The van der Waals surface area contributed by atoms with Crippen LogP contribution in [0.2, 0.25) is 0 Å². The Morgan fingerprint density at radius 2 is 1.92 bits per heavy atom. The van der Waals surface area contributed by atoms with E-state index in [-0.39, 0.29) is 24.0 Å². The summed E-state index contributed by atoms with van der Waals surface area (Å²) in [7, 11) is 1.80. The fourth-order valence-electron chi connectivity index (χ4n) is 3.85. The van der Waals surface area contributed by atoms with Crippen LogP contribution in [0.25, 0.3) is 0 Å². The Morgan fingerprint density at radius 3 is 2.58 bits per heavy atom. The van der Waals surface area contributed by atoms with Gasteiger partial charge in [-0.2, -0.15) is 0 Å². The van der Waals surface area contributed by atoms with Crippen molar-refractivity contribution in [2.75, 3.05) is 66.2 Å². The van der Waals surface area contributed by atoms with E-state index in [1.165, 1.54) is 25.7 Å². The summed E-state index contributed by atoms with van der Waals surface area (Å²) in [5.74, 6) is 0.966. The van der Waals surface area contributed by atoms with Crippen molar-refractivity contribution in [1.29, 1.82) is 0 Å². The highest BCUT2D eigenvalue weighted by molar-refractivity contribution is 14.0. The molecule has 2 N–H and O–H groups in total. The first kappa shape index (κ1) is 23.9. The third-order valence-corrected chi connectivity index (χ3v) is 5.46. The number of nitrogens with one attached hydrogen (secondary N) is 2. The van der Waals surface area contributed by atoms with Gasteiger partial charge in [-0.15, -0.1) is 24.0 Å². The molecule has 0 bridgehead atoms. The maximum atomic E-state index is 5.40. The van der Waals surface area contributed by atoms with Crippen molar-refractivity contribution in [1.82, 2.24) is 15.5 Å². The predicted molar refractivity (Wildman–Crippen MR) is 119 cm³/mol. The van der Waals surface area contributed by atoms with Crippen molar-refractivity contribution >= 4 is 29.9 Å². The molecule has 26 heavy (non-hydrogen) atoms. The van der Waals surface area contributed by atoms with Crippen LogP contribution in [0.3, 0.4) is 0 Å². The van der Waals surface area contributed by atoms with E-state index < -0.39 is 0 Å². The zero-order chi connectivity index (χ0) is 17.8. The number of methoxy groups -OCH3 is 1. The number of morpholine rings is 1. The minimum absolute atomic E-state index is 0. The van der Waals surface area contributed by atoms with Crippen LogP contribution in [-0.4, -0.2) is 77.1 Å². The zero-order valence-electron chi connectivity index (χ0n) is 16.7. The van der Waals surface area contributed by atoms with Gasteiger partial charge in [0.05, 0.1) is 13.2 Å². The molecule has 0 atom stereocenters. The molecule has 0 aromatic carbocycles. The fraction of sp³-hybridized carbons (Fsp3) is 0.947. The molecular formula is C19H39IN4O2. The highest BCUT2D eigenvalue weighted by Gasteiger charge is 2.33. The zero-order valence-corrected chi connectivity index (χ0v) is 19.1. The summed E-state index contributed by atoms with van der Waals surface area (Å²) in [6, 6.07) is 0. The van der Waals surface area contributed by atoms with E-state index in [1.807, 2.05) is 0 Å². The second-order valence-electron chi connectivity index (χ2n) is 7.38. The number of rotatable bonds is 10. The number of guanidine groups is 1. The molecule has 1 heterocycles. The molecule has 0 spiro atoms. The highest BCUT2D eigenvalue weighted by Crippen LogP contribution is 2.41. The Hall–Kier alpha value is -0.120. The summed E-state index contributed by atoms with van der Waals surface area (Å²) < 4.78 is 10.7. The second kappa shape index (κ2) is 14.0. The molecule has 1 saturated carbocycles. The molecule has 1 saturated heterocycles. The number of nitrogens with zero attached hydrogens (tertiary/aromatic N) is 2. The Bertz CT molecular complexity index is 384. The van der Waals surface area contributed by atoms with Crippen molar-refractivity contribution in [3.05, 3.63) is 0 Å². The van der Waals surface area contributed by atoms with Gasteiger partial charge in [-0.05, 0) is 44.6 Å². The number of hydrogen-bond donors (Lipinski definition) is 2. The van der Waals surface area contributed by atoms with Gasteiger partial charge in [-0.1, -0.05) is 12.8 Å². The van der Waals surface area contributed by atoms with Gasteiger partial charge in [0.1, 0.15) is 0 Å². The largest absolute Gasteiger partial charge is 0.385 e. The lowest BCUT2D eigenvalue weighted by molar-refractivity contribution is 0.0376. The van der Waals surface area contributed by atoms with Gasteiger partial charge >= 0.3 is 0 Å². The first-order chi connectivity index (χ1) is 12.3. The lowest BCUT2D eigenvalue weighted by Crippen LogP contribution is -2.41. The summed E-state index contributed by atoms with van der Waals surface area (Å²) in [6.07, 6.45) is 7.51. The van der Waals surface area contributed by atoms with Crippen molar-refractivity contribution < 1.29 is 9.47 Å². The third-order valence-electron chi connectivity index (χ3n) is 5.46. The van der Waals surface area contributed by atoms with Crippen LogP contribution in [0, 0.1) is 5.41 Å². The molecule has 154 valence electrons. The molecule has 1 aliphatic carbocycles. The van der Waals surface area contributed by atoms with Crippen LogP contribution >= 0.6 is 24.0 Å². The molecule has 1 aliphatic heterocycles. The molecule has 2 aliphatic rings. The number of halogens is 1. The Balaban J connectivity index is 0.00000338. The quantitative estimate of drug-likeness (QED) is 0.217. The maximum Gasteiger partial charge on any atom is 0.191 e. The van der Waals surface area contributed by atoms with Gasteiger partial charge < -0.3 is 20.1 Å². The molecule has 2 fully saturated rings. The summed E-state index contributed by atoms with van der Waals surface area (Å²) in [5, 5.41) is 6.90. The van der Waals surface area contributed by atoms with Gasteiger partial charge in [0.2, 0.25) is 0 Å². The molecule has 0 aromatic rings. The van der Waals surface area contributed by atoms with Crippen LogP contribution in [0.4, 0.5) is 0 Å². The molecule has 0 unspecified atom stereocenters. The van der Waals surface area contributed by atoms with Crippen molar-refractivity contribution in [2.24, 2.45) is 10.4 Å². The van der Waals surface area contributed by atoms with Gasteiger partial charge in [0.25, 0.3) is 0 Å². The smallest absolute Gasteiger partial charge is 0.191 e. The molecular weight excluding hydrogens is 443 g/mol. The molecule has 2 rings (SSSR count). The summed E-state index contributed by atoms with van der Waals surface area (Å²) in [6.45, 7) is 10.8. The Kier molecular flexibility index (Phi) is 12.8. The minimum atomic E-state index is 0. The molecule has 0 amide bonds. The van der Waals surface area contributed by atoms with E-state index in [0.29, 0.717) is 5.41 Å². The summed E-state index contributed by atoms with van der Waals surface area (Å²) >= 11 is 0. The minimum Gasteiger partial charge on any atom is -0.385 e. The molecule has 7 heteroatoms. The summed E-state index contributed by atoms with van der Waals surface area (Å²) in [5.41, 5.74) is 0.353. The SMILES string of the molecule is CCNC(=NCC1(CCOC)CCCC1)NCCCN1CCOCC1.I. The first-order valence-electron chi connectivity index (χ1n) is 10.1. The van der Waals surface area contributed by atoms with Crippen LogP contribution < -0.4 is 10.6 Å². The molecule has 6 nitrogen and oxygen atoms in total. The van der Waals surface area contributed by atoms with Crippen molar-refractivity contribution in [3.63, 3.8) is 0 Å².